The SMILES string of the molecule is Cc1cc(OC(=O)COc2ccc([N+](=O)[O-])c(F)c2)ccc1[N+](=O)[O-]. The van der Waals surface area contributed by atoms with Gasteiger partial charge in [-0.2, -0.15) is 4.39 Å². The number of ether oxygens (including phenoxy) is 2. The minimum absolute atomic E-state index is 0.0834. The molecule has 0 radical (unpaired) electrons. The first-order chi connectivity index (χ1) is 11.8. The van der Waals surface area contributed by atoms with E-state index >= 15 is 0 Å². The number of carbonyl (C=O) groups is 1. The number of nitro benzene ring substituents is 2. The van der Waals surface area contributed by atoms with E-state index < -0.39 is 33.9 Å². The van der Waals surface area contributed by atoms with E-state index in [-0.39, 0.29) is 17.2 Å². The first-order valence-electron chi connectivity index (χ1n) is 6.80. The van der Waals surface area contributed by atoms with Crippen LogP contribution < -0.4 is 9.47 Å². The van der Waals surface area contributed by atoms with Gasteiger partial charge in [0.15, 0.2) is 6.61 Å². The van der Waals surface area contributed by atoms with Gasteiger partial charge >= 0.3 is 11.7 Å². The number of hydrogen-bond donors (Lipinski definition) is 0. The highest BCUT2D eigenvalue weighted by Crippen LogP contribution is 2.24. The second kappa shape index (κ2) is 7.34. The van der Waals surface area contributed by atoms with Crippen molar-refractivity contribution in [3.63, 3.8) is 0 Å². The monoisotopic (exact) mass is 350 g/mol. The van der Waals surface area contributed by atoms with Crippen LogP contribution >= 0.6 is 0 Å². The summed E-state index contributed by atoms with van der Waals surface area (Å²) >= 11 is 0. The molecule has 0 aliphatic carbocycles. The molecule has 0 saturated heterocycles. The van der Waals surface area contributed by atoms with Crippen LogP contribution in [-0.2, 0) is 4.79 Å². The minimum atomic E-state index is -1.10. The van der Waals surface area contributed by atoms with Gasteiger partial charge in [0, 0.05) is 23.8 Å². The summed E-state index contributed by atoms with van der Waals surface area (Å²) in [6.45, 7) is 0.916. The van der Waals surface area contributed by atoms with Crippen molar-refractivity contribution in [1.82, 2.24) is 0 Å². The number of halogens is 1. The van der Waals surface area contributed by atoms with Crippen LogP contribution in [-0.4, -0.2) is 22.4 Å². The molecule has 25 heavy (non-hydrogen) atoms. The fourth-order valence-electron chi connectivity index (χ4n) is 1.92. The second-order valence-corrected chi connectivity index (χ2v) is 4.84. The van der Waals surface area contributed by atoms with Gasteiger partial charge in [-0.3, -0.25) is 20.2 Å². The second-order valence-electron chi connectivity index (χ2n) is 4.84. The summed E-state index contributed by atoms with van der Waals surface area (Å²) in [6.07, 6.45) is 0. The van der Waals surface area contributed by atoms with Crippen LogP contribution in [0.2, 0.25) is 0 Å². The molecule has 0 amide bonds. The molecule has 0 unspecified atom stereocenters. The average Bonchev–Trinajstić information content (AvgIpc) is 2.52. The normalized spacial score (nSPS) is 10.2. The highest BCUT2D eigenvalue weighted by atomic mass is 19.1. The number of nitro groups is 2. The van der Waals surface area contributed by atoms with Gasteiger partial charge in [0.05, 0.1) is 9.85 Å². The van der Waals surface area contributed by atoms with Crippen molar-refractivity contribution in [3.8, 4) is 11.5 Å². The van der Waals surface area contributed by atoms with Crippen LogP contribution in [0.5, 0.6) is 11.5 Å². The summed E-state index contributed by atoms with van der Waals surface area (Å²) < 4.78 is 23.4. The van der Waals surface area contributed by atoms with E-state index in [0.29, 0.717) is 5.56 Å². The molecule has 0 spiro atoms. The Morgan fingerprint density at radius 3 is 2.20 bits per heavy atom. The molecule has 0 aromatic heterocycles. The quantitative estimate of drug-likeness (QED) is 0.340. The van der Waals surface area contributed by atoms with Crippen molar-refractivity contribution in [2.45, 2.75) is 6.92 Å². The number of benzene rings is 2. The van der Waals surface area contributed by atoms with Crippen LogP contribution in [0, 0.1) is 33.0 Å². The van der Waals surface area contributed by atoms with Crippen LogP contribution in [0.15, 0.2) is 36.4 Å². The smallest absolute Gasteiger partial charge is 0.349 e. The Morgan fingerprint density at radius 1 is 1.04 bits per heavy atom. The Balaban J connectivity index is 1.97. The fourth-order valence-corrected chi connectivity index (χ4v) is 1.92. The van der Waals surface area contributed by atoms with E-state index in [2.05, 4.69) is 0 Å². The van der Waals surface area contributed by atoms with Gasteiger partial charge in [-0.1, -0.05) is 0 Å². The Bertz CT molecular complexity index is 854. The van der Waals surface area contributed by atoms with Gasteiger partial charge in [0.25, 0.3) is 5.69 Å². The van der Waals surface area contributed by atoms with Gasteiger partial charge in [-0.25, -0.2) is 4.79 Å². The van der Waals surface area contributed by atoms with Crippen LogP contribution in [0.1, 0.15) is 5.56 Å². The predicted octanol–water partition coefficient (Wildman–Crippen LogP) is 2.93. The van der Waals surface area contributed by atoms with Crippen molar-refractivity contribution in [3.05, 3.63) is 68.0 Å². The predicted molar refractivity (Wildman–Crippen MR) is 82.0 cm³/mol. The van der Waals surface area contributed by atoms with Crippen LogP contribution in [0.4, 0.5) is 15.8 Å². The Kier molecular flexibility index (Phi) is 5.22. The summed E-state index contributed by atoms with van der Waals surface area (Å²) in [5.41, 5.74) is -0.512. The van der Waals surface area contributed by atoms with E-state index in [4.69, 9.17) is 9.47 Å². The minimum Gasteiger partial charge on any atom is -0.482 e. The first-order valence-corrected chi connectivity index (χ1v) is 6.80. The van der Waals surface area contributed by atoms with Crippen molar-refractivity contribution < 1.29 is 28.5 Å². The molecule has 0 saturated carbocycles. The molecule has 0 aliphatic rings. The van der Waals surface area contributed by atoms with Gasteiger partial charge in [0.1, 0.15) is 11.5 Å². The molecule has 0 N–H and O–H groups in total. The zero-order valence-corrected chi connectivity index (χ0v) is 12.8. The molecular weight excluding hydrogens is 339 g/mol. The molecule has 0 heterocycles. The first kappa shape index (κ1) is 17.8. The maximum absolute atomic E-state index is 13.4. The Morgan fingerprint density at radius 2 is 1.64 bits per heavy atom. The lowest BCUT2D eigenvalue weighted by atomic mass is 10.2. The zero-order chi connectivity index (χ0) is 18.6. The molecule has 10 heteroatoms. The molecule has 130 valence electrons. The van der Waals surface area contributed by atoms with E-state index in [1.165, 1.54) is 25.1 Å². The lowest BCUT2D eigenvalue weighted by Gasteiger charge is -2.07. The molecule has 2 rings (SSSR count). The number of rotatable bonds is 6. The lowest BCUT2D eigenvalue weighted by Crippen LogP contribution is -2.17. The number of aryl methyl sites for hydroxylation is 1. The lowest BCUT2D eigenvalue weighted by molar-refractivity contribution is -0.387. The largest absolute Gasteiger partial charge is 0.482 e. The van der Waals surface area contributed by atoms with Crippen LogP contribution in [0.3, 0.4) is 0 Å². The maximum atomic E-state index is 13.4. The van der Waals surface area contributed by atoms with Crippen molar-refractivity contribution in [1.29, 1.82) is 0 Å². The summed E-state index contributed by atoms with van der Waals surface area (Å²) in [4.78, 5) is 31.5. The molecule has 0 fully saturated rings. The molecule has 0 aliphatic heterocycles. The fraction of sp³-hybridized carbons (Fsp3) is 0.133. The molecule has 0 atom stereocenters. The third-order valence-corrected chi connectivity index (χ3v) is 3.07. The molecular formula is C15H11FN2O7. The third-order valence-electron chi connectivity index (χ3n) is 3.07. The Hall–Kier alpha value is -3.56. The van der Waals surface area contributed by atoms with E-state index in [0.717, 1.165) is 18.2 Å². The van der Waals surface area contributed by atoms with Crippen molar-refractivity contribution >= 4 is 17.3 Å². The maximum Gasteiger partial charge on any atom is 0.349 e. The van der Waals surface area contributed by atoms with Gasteiger partial charge in [-0.15, -0.1) is 0 Å². The van der Waals surface area contributed by atoms with E-state index in [9.17, 15) is 29.4 Å². The molecule has 0 bridgehead atoms. The number of hydrogen-bond acceptors (Lipinski definition) is 7. The molecule has 9 nitrogen and oxygen atoms in total. The summed E-state index contributed by atoms with van der Waals surface area (Å²) in [6, 6.07) is 6.61. The number of esters is 1. The van der Waals surface area contributed by atoms with Crippen molar-refractivity contribution in [2.75, 3.05) is 6.61 Å². The summed E-state index contributed by atoms with van der Waals surface area (Å²) in [7, 11) is 0. The third kappa shape index (κ3) is 4.47. The van der Waals surface area contributed by atoms with E-state index in [1.807, 2.05) is 0 Å². The Labute approximate surface area is 139 Å². The van der Waals surface area contributed by atoms with Gasteiger partial charge in [-0.05, 0) is 25.1 Å². The number of nitrogens with zero attached hydrogens (tertiary/aromatic N) is 2. The zero-order valence-electron chi connectivity index (χ0n) is 12.8. The van der Waals surface area contributed by atoms with Crippen LogP contribution in [0.25, 0.3) is 0 Å². The highest BCUT2D eigenvalue weighted by Gasteiger charge is 2.16. The van der Waals surface area contributed by atoms with Gasteiger partial charge in [0.2, 0.25) is 5.82 Å². The van der Waals surface area contributed by atoms with E-state index in [1.54, 1.807) is 0 Å². The molecule has 2 aromatic carbocycles. The summed E-state index contributed by atoms with van der Waals surface area (Å²) in [5.74, 6) is -1.92. The average molecular weight is 350 g/mol. The van der Waals surface area contributed by atoms with Crippen molar-refractivity contribution in [2.24, 2.45) is 0 Å². The highest BCUT2D eigenvalue weighted by molar-refractivity contribution is 5.74. The summed E-state index contributed by atoms with van der Waals surface area (Å²) in [5, 5.41) is 21.2. The number of carbonyl (C=O) groups excluding carboxylic acids is 1. The standard InChI is InChI=1S/C15H11FN2O7/c1-9-6-11(3-4-13(9)17(20)21)25-15(19)8-24-10-2-5-14(18(22)23)12(16)7-10/h2-7H,8H2,1H3. The molecule has 2 aromatic rings. The topological polar surface area (TPSA) is 122 Å². The van der Waals surface area contributed by atoms with Gasteiger partial charge < -0.3 is 9.47 Å².